The molecule has 1 aliphatic heterocycles. The van der Waals surface area contributed by atoms with Gasteiger partial charge in [0.25, 0.3) is 5.91 Å². The van der Waals surface area contributed by atoms with Crippen LogP contribution in [0.2, 0.25) is 0 Å². The van der Waals surface area contributed by atoms with E-state index in [4.69, 9.17) is 4.74 Å². The predicted octanol–water partition coefficient (Wildman–Crippen LogP) is 4.59. The standard InChI is InChI=1S/C22H21NO2/c1-16(25-20-13-12-17-7-2-3-9-19(17)15-20)22(24)23-14-6-10-18-8-4-5-11-21(18)23/h2-5,7-9,11-13,15-16H,6,10,14H2,1H3/t16-/m1/s1. The van der Waals surface area contributed by atoms with Crippen molar-refractivity contribution in [3.63, 3.8) is 0 Å². The number of hydrogen-bond donors (Lipinski definition) is 0. The van der Waals surface area contributed by atoms with Crippen molar-refractivity contribution >= 4 is 22.4 Å². The van der Waals surface area contributed by atoms with Crippen LogP contribution in [0.15, 0.2) is 66.7 Å². The molecule has 25 heavy (non-hydrogen) atoms. The van der Waals surface area contributed by atoms with Gasteiger partial charge < -0.3 is 9.64 Å². The molecule has 0 aliphatic carbocycles. The zero-order chi connectivity index (χ0) is 17.2. The van der Waals surface area contributed by atoms with E-state index in [1.54, 1.807) is 0 Å². The molecule has 1 aliphatic rings. The number of nitrogens with zero attached hydrogens (tertiary/aromatic N) is 1. The fraction of sp³-hybridized carbons (Fsp3) is 0.227. The zero-order valence-corrected chi connectivity index (χ0v) is 14.3. The van der Waals surface area contributed by atoms with Crippen LogP contribution < -0.4 is 9.64 Å². The van der Waals surface area contributed by atoms with Crippen molar-refractivity contribution < 1.29 is 9.53 Å². The average Bonchev–Trinajstić information content (AvgIpc) is 2.67. The van der Waals surface area contributed by atoms with E-state index in [9.17, 15) is 4.79 Å². The maximum atomic E-state index is 12.9. The minimum Gasteiger partial charge on any atom is -0.481 e. The highest BCUT2D eigenvalue weighted by Crippen LogP contribution is 2.28. The van der Waals surface area contributed by atoms with Crippen molar-refractivity contribution in [2.75, 3.05) is 11.4 Å². The number of amides is 1. The SMILES string of the molecule is C[C@@H](Oc1ccc2ccccc2c1)C(=O)N1CCCc2ccccc21. The number of para-hydroxylation sites is 1. The Morgan fingerprint density at radius 3 is 2.64 bits per heavy atom. The lowest BCUT2D eigenvalue weighted by Crippen LogP contribution is -2.43. The maximum Gasteiger partial charge on any atom is 0.267 e. The first-order chi connectivity index (χ1) is 12.2. The number of anilines is 1. The van der Waals surface area contributed by atoms with Crippen molar-refractivity contribution in [2.24, 2.45) is 0 Å². The van der Waals surface area contributed by atoms with Crippen molar-refractivity contribution in [3.05, 3.63) is 72.3 Å². The lowest BCUT2D eigenvalue weighted by Gasteiger charge is -2.31. The number of fused-ring (bicyclic) bond motifs is 2. The molecular weight excluding hydrogens is 310 g/mol. The monoisotopic (exact) mass is 331 g/mol. The number of carbonyl (C=O) groups is 1. The van der Waals surface area contributed by atoms with Crippen molar-refractivity contribution in [2.45, 2.75) is 25.9 Å². The Labute approximate surface area is 147 Å². The van der Waals surface area contributed by atoms with Gasteiger partial charge in [0.1, 0.15) is 5.75 Å². The Bertz CT molecular complexity index is 919. The van der Waals surface area contributed by atoms with E-state index in [1.807, 2.05) is 60.4 Å². The summed E-state index contributed by atoms with van der Waals surface area (Å²) in [5.41, 5.74) is 2.26. The fourth-order valence-corrected chi connectivity index (χ4v) is 3.48. The highest BCUT2D eigenvalue weighted by atomic mass is 16.5. The van der Waals surface area contributed by atoms with E-state index in [0.29, 0.717) is 0 Å². The molecule has 0 saturated carbocycles. The largest absolute Gasteiger partial charge is 0.481 e. The molecule has 3 heteroatoms. The average molecular weight is 331 g/mol. The van der Waals surface area contributed by atoms with Gasteiger partial charge in [0, 0.05) is 12.2 Å². The topological polar surface area (TPSA) is 29.5 Å². The lowest BCUT2D eigenvalue weighted by molar-refractivity contribution is -0.124. The summed E-state index contributed by atoms with van der Waals surface area (Å²) in [6, 6.07) is 22.2. The number of hydrogen-bond acceptors (Lipinski definition) is 2. The highest BCUT2D eigenvalue weighted by molar-refractivity contribution is 5.97. The van der Waals surface area contributed by atoms with E-state index in [2.05, 4.69) is 18.2 Å². The van der Waals surface area contributed by atoms with Crippen LogP contribution in [0.3, 0.4) is 0 Å². The van der Waals surface area contributed by atoms with Crippen LogP contribution in [0, 0.1) is 0 Å². The zero-order valence-electron chi connectivity index (χ0n) is 14.3. The van der Waals surface area contributed by atoms with Gasteiger partial charge >= 0.3 is 0 Å². The van der Waals surface area contributed by atoms with E-state index in [1.165, 1.54) is 10.9 Å². The Hall–Kier alpha value is -2.81. The van der Waals surface area contributed by atoms with E-state index in [0.717, 1.165) is 36.2 Å². The van der Waals surface area contributed by atoms with Gasteiger partial charge in [-0.25, -0.2) is 0 Å². The van der Waals surface area contributed by atoms with Crippen molar-refractivity contribution in [1.29, 1.82) is 0 Å². The normalized spacial score (nSPS) is 14.8. The van der Waals surface area contributed by atoms with E-state index < -0.39 is 6.10 Å². The minimum atomic E-state index is -0.521. The number of carbonyl (C=O) groups excluding carboxylic acids is 1. The first kappa shape index (κ1) is 15.7. The molecule has 0 fully saturated rings. The van der Waals surface area contributed by atoms with Gasteiger partial charge in [-0.1, -0.05) is 48.5 Å². The second-order valence-corrected chi connectivity index (χ2v) is 6.49. The Morgan fingerprint density at radius 1 is 1.00 bits per heavy atom. The molecule has 0 N–H and O–H groups in total. The number of rotatable bonds is 3. The number of ether oxygens (including phenoxy) is 1. The molecule has 126 valence electrons. The van der Waals surface area contributed by atoms with Gasteiger partial charge in [-0.05, 0) is 54.3 Å². The van der Waals surface area contributed by atoms with Crippen LogP contribution in [-0.4, -0.2) is 18.6 Å². The van der Waals surface area contributed by atoms with Crippen LogP contribution in [0.1, 0.15) is 18.9 Å². The van der Waals surface area contributed by atoms with Crippen LogP contribution in [-0.2, 0) is 11.2 Å². The molecule has 1 atom stereocenters. The summed E-state index contributed by atoms with van der Waals surface area (Å²) in [4.78, 5) is 14.8. The summed E-state index contributed by atoms with van der Waals surface area (Å²) >= 11 is 0. The van der Waals surface area contributed by atoms with Crippen LogP contribution in [0.5, 0.6) is 5.75 Å². The lowest BCUT2D eigenvalue weighted by atomic mass is 10.0. The third kappa shape index (κ3) is 3.10. The molecular formula is C22H21NO2. The van der Waals surface area contributed by atoms with Crippen LogP contribution in [0.4, 0.5) is 5.69 Å². The molecule has 1 heterocycles. The van der Waals surface area contributed by atoms with Gasteiger partial charge in [-0.2, -0.15) is 0 Å². The Balaban J connectivity index is 1.54. The number of aryl methyl sites for hydroxylation is 1. The molecule has 1 amide bonds. The van der Waals surface area contributed by atoms with Crippen LogP contribution in [0.25, 0.3) is 10.8 Å². The number of benzene rings is 3. The molecule has 0 aromatic heterocycles. The van der Waals surface area contributed by atoms with Crippen molar-refractivity contribution in [3.8, 4) is 5.75 Å². The summed E-state index contributed by atoms with van der Waals surface area (Å²) in [5.74, 6) is 0.741. The van der Waals surface area contributed by atoms with Gasteiger partial charge in [0.05, 0.1) is 0 Å². The van der Waals surface area contributed by atoms with Gasteiger partial charge in [-0.3, -0.25) is 4.79 Å². The minimum absolute atomic E-state index is 0.0142. The van der Waals surface area contributed by atoms with Gasteiger partial charge in [0.2, 0.25) is 0 Å². The first-order valence-corrected chi connectivity index (χ1v) is 8.77. The molecule has 3 aromatic rings. The summed E-state index contributed by atoms with van der Waals surface area (Å²) in [6.45, 7) is 2.58. The second kappa shape index (κ2) is 6.60. The third-order valence-electron chi connectivity index (χ3n) is 4.76. The molecule has 3 aromatic carbocycles. The molecule has 4 rings (SSSR count). The quantitative estimate of drug-likeness (QED) is 0.703. The van der Waals surface area contributed by atoms with E-state index in [-0.39, 0.29) is 5.91 Å². The summed E-state index contributed by atoms with van der Waals surface area (Å²) < 4.78 is 5.96. The smallest absolute Gasteiger partial charge is 0.267 e. The summed E-state index contributed by atoms with van der Waals surface area (Å²) in [6.07, 6.45) is 1.50. The molecule has 0 unspecified atom stereocenters. The molecule has 0 saturated heterocycles. The molecule has 3 nitrogen and oxygen atoms in total. The molecule has 0 radical (unpaired) electrons. The van der Waals surface area contributed by atoms with Crippen LogP contribution >= 0.6 is 0 Å². The molecule has 0 bridgehead atoms. The highest BCUT2D eigenvalue weighted by Gasteiger charge is 2.27. The summed E-state index contributed by atoms with van der Waals surface area (Å²) in [5, 5.41) is 2.28. The second-order valence-electron chi connectivity index (χ2n) is 6.49. The first-order valence-electron chi connectivity index (χ1n) is 8.77. The predicted molar refractivity (Wildman–Crippen MR) is 101 cm³/mol. The van der Waals surface area contributed by atoms with E-state index >= 15 is 0 Å². The van der Waals surface area contributed by atoms with Gasteiger partial charge in [0.15, 0.2) is 6.10 Å². The third-order valence-corrected chi connectivity index (χ3v) is 4.76. The maximum absolute atomic E-state index is 12.9. The fourth-order valence-electron chi connectivity index (χ4n) is 3.48. The Kier molecular flexibility index (Phi) is 4.14. The van der Waals surface area contributed by atoms with Crippen molar-refractivity contribution in [1.82, 2.24) is 0 Å². The Morgan fingerprint density at radius 2 is 1.76 bits per heavy atom. The van der Waals surface area contributed by atoms with Gasteiger partial charge in [-0.15, -0.1) is 0 Å². The molecule has 0 spiro atoms. The summed E-state index contributed by atoms with van der Waals surface area (Å²) in [7, 11) is 0.